The second-order valence-corrected chi connectivity index (χ2v) is 6.05. The van der Waals surface area contributed by atoms with Gasteiger partial charge in [0.1, 0.15) is 0 Å². The summed E-state index contributed by atoms with van der Waals surface area (Å²) in [6, 6.07) is 19.1. The molecule has 2 N–H and O–H groups in total. The van der Waals surface area contributed by atoms with Crippen LogP contribution in [0.15, 0.2) is 60.8 Å². The summed E-state index contributed by atoms with van der Waals surface area (Å²) in [4.78, 5) is 2.29. The number of rotatable bonds is 7. The third-order valence-electron chi connectivity index (χ3n) is 4.18. The molecule has 0 radical (unpaired) electrons. The maximum atomic E-state index is 4.25. The molecule has 0 saturated heterocycles. The Labute approximate surface area is 143 Å². The molecule has 4 heteroatoms. The Balaban J connectivity index is 1.77. The van der Waals surface area contributed by atoms with E-state index < -0.39 is 0 Å². The van der Waals surface area contributed by atoms with E-state index >= 15 is 0 Å². The third kappa shape index (κ3) is 3.91. The Bertz CT molecular complexity index is 747. The highest BCUT2D eigenvalue weighted by Crippen LogP contribution is 2.26. The summed E-state index contributed by atoms with van der Waals surface area (Å²) in [6.07, 6.45) is 1.93. The Morgan fingerprint density at radius 1 is 0.958 bits per heavy atom. The summed E-state index contributed by atoms with van der Waals surface area (Å²) >= 11 is 0. The second kappa shape index (κ2) is 7.90. The topological polar surface area (TPSA) is 44.0 Å². The lowest BCUT2D eigenvalue weighted by Gasteiger charge is -2.16. The lowest BCUT2D eigenvalue weighted by Crippen LogP contribution is -2.26. The molecule has 0 fully saturated rings. The minimum atomic E-state index is 0.883. The van der Waals surface area contributed by atoms with Crippen LogP contribution in [0.25, 0.3) is 22.4 Å². The van der Waals surface area contributed by atoms with Crippen molar-refractivity contribution in [3.8, 4) is 22.4 Å². The van der Waals surface area contributed by atoms with E-state index in [9.17, 15) is 0 Å². The Morgan fingerprint density at radius 3 is 2.33 bits per heavy atom. The molecular weight excluding hydrogens is 296 g/mol. The molecule has 0 atom stereocenters. The van der Waals surface area contributed by atoms with Gasteiger partial charge in [-0.05, 0) is 30.8 Å². The van der Waals surface area contributed by atoms with Crippen LogP contribution in [0.3, 0.4) is 0 Å². The van der Waals surface area contributed by atoms with E-state index in [0.29, 0.717) is 0 Å². The molecule has 2 aromatic carbocycles. The molecule has 3 aromatic rings. The van der Waals surface area contributed by atoms with E-state index in [2.05, 4.69) is 76.0 Å². The molecule has 24 heavy (non-hydrogen) atoms. The molecule has 0 aliphatic rings. The molecule has 0 aliphatic heterocycles. The zero-order chi connectivity index (χ0) is 16.8. The van der Waals surface area contributed by atoms with Gasteiger partial charge in [0.2, 0.25) is 0 Å². The number of aromatic amines is 1. The molecule has 0 amide bonds. The van der Waals surface area contributed by atoms with Crippen LogP contribution >= 0.6 is 0 Å². The highest BCUT2D eigenvalue weighted by Gasteiger charge is 2.10. The van der Waals surface area contributed by atoms with Gasteiger partial charge in [-0.25, -0.2) is 0 Å². The summed E-state index contributed by atoms with van der Waals surface area (Å²) in [5, 5.41) is 10.6. The van der Waals surface area contributed by atoms with E-state index in [1.54, 1.807) is 0 Å². The number of nitrogens with zero attached hydrogens (tertiary/aromatic N) is 2. The van der Waals surface area contributed by atoms with Crippen LogP contribution in [0, 0.1) is 0 Å². The number of aromatic nitrogens is 2. The minimum Gasteiger partial charge on any atom is -0.318 e. The summed E-state index contributed by atoms with van der Waals surface area (Å²) in [5.74, 6) is 0. The lowest BCUT2D eigenvalue weighted by molar-refractivity contribution is 0.328. The van der Waals surface area contributed by atoms with Gasteiger partial charge in [0.25, 0.3) is 0 Å². The molecule has 0 unspecified atom stereocenters. The number of hydrogen-bond acceptors (Lipinski definition) is 3. The van der Waals surface area contributed by atoms with Gasteiger partial charge < -0.3 is 10.2 Å². The van der Waals surface area contributed by atoms with Crippen molar-refractivity contribution >= 4 is 0 Å². The Kier molecular flexibility index (Phi) is 5.41. The SMILES string of the molecule is CNCCN(C)Cc1cn[nH]c1-c1ccc(-c2ccccc2)cc1. The van der Waals surface area contributed by atoms with E-state index in [1.165, 1.54) is 22.3 Å². The molecule has 1 aromatic heterocycles. The number of benzene rings is 2. The zero-order valence-electron chi connectivity index (χ0n) is 14.3. The average molecular weight is 320 g/mol. The van der Waals surface area contributed by atoms with Crippen LogP contribution in [0.2, 0.25) is 0 Å². The molecule has 0 aliphatic carbocycles. The number of H-pyrrole nitrogens is 1. The van der Waals surface area contributed by atoms with Crippen LogP contribution in [0.4, 0.5) is 0 Å². The summed E-state index contributed by atoms with van der Waals surface area (Å²) in [5.41, 5.74) is 5.96. The zero-order valence-corrected chi connectivity index (χ0v) is 14.3. The van der Waals surface area contributed by atoms with E-state index in [-0.39, 0.29) is 0 Å². The van der Waals surface area contributed by atoms with Gasteiger partial charge >= 0.3 is 0 Å². The van der Waals surface area contributed by atoms with Crippen LogP contribution in [0.5, 0.6) is 0 Å². The summed E-state index contributed by atoms with van der Waals surface area (Å²) < 4.78 is 0. The smallest absolute Gasteiger partial charge is 0.0695 e. The van der Waals surface area contributed by atoms with Crippen molar-refractivity contribution in [3.63, 3.8) is 0 Å². The van der Waals surface area contributed by atoms with Gasteiger partial charge in [0.15, 0.2) is 0 Å². The van der Waals surface area contributed by atoms with Crippen LogP contribution in [-0.2, 0) is 6.54 Å². The maximum absolute atomic E-state index is 4.25. The molecule has 4 nitrogen and oxygen atoms in total. The van der Waals surface area contributed by atoms with E-state index in [4.69, 9.17) is 0 Å². The molecule has 124 valence electrons. The number of likely N-dealkylation sites (N-methyl/N-ethyl adjacent to an activating group) is 2. The second-order valence-electron chi connectivity index (χ2n) is 6.05. The first-order valence-electron chi connectivity index (χ1n) is 8.29. The van der Waals surface area contributed by atoms with Crippen molar-refractivity contribution in [2.24, 2.45) is 0 Å². The van der Waals surface area contributed by atoms with Gasteiger partial charge in [-0.15, -0.1) is 0 Å². The predicted octanol–water partition coefficient (Wildman–Crippen LogP) is 3.39. The van der Waals surface area contributed by atoms with Crippen molar-refractivity contribution in [2.75, 3.05) is 27.2 Å². The fourth-order valence-electron chi connectivity index (χ4n) is 2.81. The molecule has 0 saturated carbocycles. The average Bonchev–Trinajstić information content (AvgIpc) is 3.09. The van der Waals surface area contributed by atoms with Gasteiger partial charge in [-0.2, -0.15) is 5.10 Å². The molecule has 0 spiro atoms. The summed E-state index contributed by atoms with van der Waals surface area (Å²) in [6.45, 7) is 2.87. The highest BCUT2D eigenvalue weighted by molar-refractivity contribution is 5.69. The summed E-state index contributed by atoms with van der Waals surface area (Å²) in [7, 11) is 4.11. The number of nitrogens with one attached hydrogen (secondary N) is 2. The fraction of sp³-hybridized carbons (Fsp3) is 0.250. The molecule has 1 heterocycles. The van der Waals surface area contributed by atoms with Gasteiger partial charge in [-0.3, -0.25) is 5.10 Å². The Hall–Kier alpha value is -2.43. The predicted molar refractivity (Wildman–Crippen MR) is 99.7 cm³/mol. The van der Waals surface area contributed by atoms with Gasteiger partial charge in [0.05, 0.1) is 11.9 Å². The first-order chi connectivity index (χ1) is 11.8. The van der Waals surface area contributed by atoms with Crippen molar-refractivity contribution in [1.29, 1.82) is 0 Å². The first kappa shape index (κ1) is 16.4. The maximum Gasteiger partial charge on any atom is 0.0695 e. The lowest BCUT2D eigenvalue weighted by atomic mass is 10.0. The van der Waals surface area contributed by atoms with Crippen LogP contribution in [0.1, 0.15) is 5.56 Å². The van der Waals surface area contributed by atoms with E-state index in [1.807, 2.05) is 19.3 Å². The van der Waals surface area contributed by atoms with Gasteiger partial charge in [-0.1, -0.05) is 54.6 Å². The molecule has 3 rings (SSSR count). The fourth-order valence-corrected chi connectivity index (χ4v) is 2.81. The minimum absolute atomic E-state index is 0.883. The van der Waals surface area contributed by atoms with Crippen molar-refractivity contribution in [2.45, 2.75) is 6.54 Å². The van der Waals surface area contributed by atoms with Crippen molar-refractivity contribution in [3.05, 3.63) is 66.4 Å². The third-order valence-corrected chi connectivity index (χ3v) is 4.18. The van der Waals surface area contributed by atoms with E-state index in [0.717, 1.165) is 25.3 Å². The van der Waals surface area contributed by atoms with Gasteiger partial charge in [0, 0.05) is 25.2 Å². The Morgan fingerprint density at radius 2 is 1.62 bits per heavy atom. The number of hydrogen-bond donors (Lipinski definition) is 2. The quantitative estimate of drug-likeness (QED) is 0.701. The normalized spacial score (nSPS) is 11.1. The first-order valence-corrected chi connectivity index (χ1v) is 8.29. The van der Waals surface area contributed by atoms with Crippen molar-refractivity contribution in [1.82, 2.24) is 20.4 Å². The molecular formula is C20H24N4. The standard InChI is InChI=1S/C20H24N4/c1-21-12-13-24(2)15-19-14-22-23-20(19)18-10-8-17(9-11-18)16-6-4-3-5-7-16/h3-11,14,21H,12-13,15H2,1-2H3,(H,22,23). The monoisotopic (exact) mass is 320 g/mol. The highest BCUT2D eigenvalue weighted by atomic mass is 15.1. The largest absolute Gasteiger partial charge is 0.318 e. The molecule has 0 bridgehead atoms. The van der Waals surface area contributed by atoms with Crippen LogP contribution < -0.4 is 5.32 Å². The van der Waals surface area contributed by atoms with Crippen molar-refractivity contribution < 1.29 is 0 Å². The van der Waals surface area contributed by atoms with Crippen LogP contribution in [-0.4, -0.2) is 42.3 Å².